The fourth-order valence-electron chi connectivity index (χ4n) is 4.64. The molecular formula is C33H21F3N2OS. The molecule has 1 aromatic heterocycles. The van der Waals surface area contributed by atoms with Crippen molar-refractivity contribution in [3.05, 3.63) is 143 Å². The van der Waals surface area contributed by atoms with Crippen molar-refractivity contribution in [1.82, 2.24) is 4.98 Å². The molecule has 0 spiro atoms. The SMILES string of the molecule is O=C(c1sc(N(c2ccccc2)c2ccccc2)nc1-c1ccc(C(F)(F)F)cc1)c1cccc2ccccc12. The van der Waals surface area contributed by atoms with Crippen molar-refractivity contribution in [3.8, 4) is 11.3 Å². The number of thiazole rings is 1. The molecule has 5 aromatic carbocycles. The van der Waals surface area contributed by atoms with Crippen LogP contribution in [0.25, 0.3) is 22.0 Å². The van der Waals surface area contributed by atoms with Gasteiger partial charge in [-0.15, -0.1) is 0 Å². The minimum Gasteiger partial charge on any atom is -0.288 e. The van der Waals surface area contributed by atoms with Gasteiger partial charge in [0.05, 0.1) is 11.3 Å². The highest BCUT2D eigenvalue weighted by molar-refractivity contribution is 7.18. The van der Waals surface area contributed by atoms with Crippen molar-refractivity contribution in [2.75, 3.05) is 4.90 Å². The van der Waals surface area contributed by atoms with Gasteiger partial charge < -0.3 is 0 Å². The predicted octanol–water partition coefficient (Wildman–Crippen LogP) is 9.68. The van der Waals surface area contributed by atoms with Crippen LogP contribution in [0.5, 0.6) is 0 Å². The van der Waals surface area contributed by atoms with Crippen LogP contribution in [0.2, 0.25) is 0 Å². The van der Waals surface area contributed by atoms with E-state index < -0.39 is 11.7 Å². The molecule has 40 heavy (non-hydrogen) atoms. The molecule has 0 fully saturated rings. The van der Waals surface area contributed by atoms with E-state index in [1.165, 1.54) is 23.5 Å². The Morgan fingerprint density at radius 3 is 1.88 bits per heavy atom. The normalized spacial score (nSPS) is 11.5. The molecule has 0 radical (unpaired) electrons. The first-order chi connectivity index (χ1) is 19.4. The number of anilines is 3. The number of aromatic nitrogens is 1. The number of carbonyl (C=O) groups excluding carboxylic acids is 1. The summed E-state index contributed by atoms with van der Waals surface area (Å²) in [6.07, 6.45) is -4.47. The van der Waals surface area contributed by atoms with Gasteiger partial charge in [-0.05, 0) is 47.2 Å². The smallest absolute Gasteiger partial charge is 0.288 e. The quantitative estimate of drug-likeness (QED) is 0.194. The van der Waals surface area contributed by atoms with E-state index in [1.54, 1.807) is 6.07 Å². The third-order valence-corrected chi connectivity index (χ3v) is 7.60. The highest BCUT2D eigenvalue weighted by atomic mass is 32.1. The van der Waals surface area contributed by atoms with E-state index in [-0.39, 0.29) is 5.78 Å². The molecule has 1 heterocycles. The van der Waals surface area contributed by atoms with Crippen molar-refractivity contribution < 1.29 is 18.0 Å². The molecule has 0 bridgehead atoms. The molecule has 6 rings (SSSR count). The van der Waals surface area contributed by atoms with Gasteiger partial charge in [0.25, 0.3) is 0 Å². The summed E-state index contributed by atoms with van der Waals surface area (Å²) in [7, 11) is 0. The van der Waals surface area contributed by atoms with Gasteiger partial charge in [0.2, 0.25) is 5.78 Å². The molecule has 196 valence electrons. The van der Waals surface area contributed by atoms with Crippen molar-refractivity contribution in [2.45, 2.75) is 6.18 Å². The zero-order valence-corrected chi connectivity index (χ0v) is 21.8. The fraction of sp³-hybridized carbons (Fsp3) is 0.0303. The topological polar surface area (TPSA) is 33.2 Å². The number of nitrogens with zero attached hydrogens (tertiary/aromatic N) is 2. The Morgan fingerprint density at radius 1 is 0.675 bits per heavy atom. The summed E-state index contributed by atoms with van der Waals surface area (Å²) < 4.78 is 39.9. The second-order valence-corrected chi connectivity index (χ2v) is 10.1. The van der Waals surface area contributed by atoms with Gasteiger partial charge in [-0.1, -0.05) is 102 Å². The number of halogens is 3. The standard InChI is InChI=1S/C33H21F3N2OS/c34-33(35,36)24-20-18-23(19-21-24)29-31(30(39)28-17-9-11-22-10-7-8-16-27(22)28)40-32(37-29)38(25-12-3-1-4-13-25)26-14-5-2-6-15-26/h1-21H. The molecule has 0 aliphatic carbocycles. The van der Waals surface area contributed by atoms with E-state index in [4.69, 9.17) is 4.98 Å². The number of fused-ring (bicyclic) bond motifs is 1. The number of hydrogen-bond donors (Lipinski definition) is 0. The van der Waals surface area contributed by atoms with Crippen molar-refractivity contribution in [2.24, 2.45) is 0 Å². The minimum absolute atomic E-state index is 0.239. The first-order valence-electron chi connectivity index (χ1n) is 12.5. The molecule has 3 nitrogen and oxygen atoms in total. The zero-order valence-electron chi connectivity index (χ0n) is 21.0. The Kier molecular flexibility index (Phi) is 6.66. The van der Waals surface area contributed by atoms with Gasteiger partial charge in [-0.2, -0.15) is 13.2 Å². The van der Waals surface area contributed by atoms with Crippen molar-refractivity contribution >= 4 is 44.4 Å². The van der Waals surface area contributed by atoms with Gasteiger partial charge in [-0.3, -0.25) is 9.69 Å². The van der Waals surface area contributed by atoms with Gasteiger partial charge in [0, 0.05) is 22.5 Å². The van der Waals surface area contributed by atoms with Crippen LogP contribution in [0.15, 0.2) is 127 Å². The number of para-hydroxylation sites is 2. The summed E-state index contributed by atoms with van der Waals surface area (Å²) in [6, 6.07) is 37.2. The lowest BCUT2D eigenvalue weighted by atomic mass is 9.99. The van der Waals surface area contributed by atoms with E-state index in [2.05, 4.69) is 0 Å². The Labute approximate surface area is 232 Å². The predicted molar refractivity (Wildman–Crippen MR) is 155 cm³/mol. The third kappa shape index (κ3) is 4.87. The number of alkyl halides is 3. The van der Waals surface area contributed by atoms with E-state index in [9.17, 15) is 18.0 Å². The summed E-state index contributed by atoms with van der Waals surface area (Å²) in [4.78, 5) is 21.3. The summed E-state index contributed by atoms with van der Waals surface area (Å²) in [5.74, 6) is -0.239. The van der Waals surface area contributed by atoms with Crippen LogP contribution in [0.4, 0.5) is 29.7 Å². The van der Waals surface area contributed by atoms with Crippen LogP contribution < -0.4 is 4.90 Å². The lowest BCUT2D eigenvalue weighted by Gasteiger charge is -2.22. The van der Waals surface area contributed by atoms with Crippen LogP contribution >= 0.6 is 11.3 Å². The monoisotopic (exact) mass is 550 g/mol. The average Bonchev–Trinajstić information content (AvgIpc) is 3.42. The summed E-state index contributed by atoms with van der Waals surface area (Å²) in [6.45, 7) is 0. The molecule has 6 aromatic rings. The number of carbonyl (C=O) groups is 1. The molecule has 0 unspecified atom stereocenters. The van der Waals surface area contributed by atoms with Crippen LogP contribution in [0.1, 0.15) is 20.8 Å². The third-order valence-electron chi connectivity index (χ3n) is 6.56. The molecule has 0 aliphatic rings. The lowest BCUT2D eigenvalue weighted by molar-refractivity contribution is -0.137. The molecule has 7 heteroatoms. The Bertz CT molecular complexity index is 1750. The number of rotatable bonds is 6. The molecule has 0 amide bonds. The van der Waals surface area contributed by atoms with Crippen molar-refractivity contribution in [3.63, 3.8) is 0 Å². The maximum absolute atomic E-state index is 14.2. The summed E-state index contributed by atoms with van der Waals surface area (Å²) in [5, 5.41) is 2.24. The van der Waals surface area contributed by atoms with E-state index in [1.807, 2.05) is 102 Å². The average molecular weight is 551 g/mol. The zero-order chi connectivity index (χ0) is 27.7. The maximum atomic E-state index is 14.2. The largest absolute Gasteiger partial charge is 0.416 e. The van der Waals surface area contributed by atoms with Gasteiger partial charge in [0.15, 0.2) is 5.13 Å². The minimum atomic E-state index is -4.47. The lowest BCUT2D eigenvalue weighted by Crippen LogP contribution is -2.09. The van der Waals surface area contributed by atoms with Gasteiger partial charge in [0.1, 0.15) is 4.88 Å². The highest BCUT2D eigenvalue weighted by Gasteiger charge is 2.31. The number of benzene rings is 5. The molecule has 0 saturated carbocycles. The van der Waals surface area contributed by atoms with Gasteiger partial charge in [-0.25, -0.2) is 4.98 Å². The van der Waals surface area contributed by atoms with E-state index >= 15 is 0 Å². The Balaban J connectivity index is 1.56. The maximum Gasteiger partial charge on any atom is 0.416 e. The molecule has 0 aliphatic heterocycles. The van der Waals surface area contributed by atoms with Crippen LogP contribution in [0.3, 0.4) is 0 Å². The van der Waals surface area contributed by atoms with Gasteiger partial charge >= 0.3 is 6.18 Å². The first kappa shape index (κ1) is 25.5. The number of hydrogen-bond acceptors (Lipinski definition) is 4. The summed E-state index contributed by atoms with van der Waals surface area (Å²) in [5.41, 5.74) is 2.19. The van der Waals surface area contributed by atoms with Crippen molar-refractivity contribution in [1.29, 1.82) is 0 Å². The Hall–Kier alpha value is -4.75. The number of ketones is 1. The van der Waals surface area contributed by atoms with Crippen LogP contribution in [-0.2, 0) is 6.18 Å². The fourth-order valence-corrected chi connectivity index (χ4v) is 5.73. The van der Waals surface area contributed by atoms with Crippen LogP contribution in [0, 0.1) is 0 Å². The van der Waals surface area contributed by atoms with Crippen LogP contribution in [-0.4, -0.2) is 10.8 Å². The first-order valence-corrected chi connectivity index (χ1v) is 13.3. The second kappa shape index (κ2) is 10.4. The molecular weight excluding hydrogens is 529 g/mol. The van der Waals surface area contributed by atoms with E-state index in [0.717, 1.165) is 34.3 Å². The summed E-state index contributed by atoms with van der Waals surface area (Å²) >= 11 is 1.22. The Morgan fingerprint density at radius 2 is 1.25 bits per heavy atom. The second-order valence-electron chi connectivity index (χ2n) is 9.11. The molecule has 0 atom stereocenters. The highest BCUT2D eigenvalue weighted by Crippen LogP contribution is 2.42. The molecule has 0 saturated heterocycles. The molecule has 0 N–H and O–H groups in total. The van der Waals surface area contributed by atoms with E-state index in [0.29, 0.717) is 26.8 Å².